The van der Waals surface area contributed by atoms with E-state index >= 15 is 0 Å². The van der Waals surface area contributed by atoms with Crippen molar-refractivity contribution in [2.24, 2.45) is 5.92 Å². The monoisotopic (exact) mass is 315 g/mol. The van der Waals surface area contributed by atoms with Gasteiger partial charge in [-0.2, -0.15) is 0 Å². The van der Waals surface area contributed by atoms with E-state index in [9.17, 15) is 9.59 Å². The van der Waals surface area contributed by atoms with Gasteiger partial charge < -0.3 is 9.64 Å². The van der Waals surface area contributed by atoms with Crippen LogP contribution in [0.2, 0.25) is 0 Å². The fourth-order valence-electron chi connectivity index (χ4n) is 2.76. The number of hydrogen-bond acceptors (Lipinski definition) is 3. The lowest BCUT2D eigenvalue weighted by Crippen LogP contribution is -2.42. The molecule has 1 aliphatic rings. The molecule has 0 N–H and O–H groups in total. The number of carbonyl (C=O) groups is 2. The average molecular weight is 315 g/mol. The van der Waals surface area contributed by atoms with Gasteiger partial charge in [0.2, 0.25) is 5.91 Å². The van der Waals surface area contributed by atoms with Crippen molar-refractivity contribution < 1.29 is 14.3 Å². The van der Waals surface area contributed by atoms with Gasteiger partial charge in [0.05, 0.1) is 6.04 Å². The van der Waals surface area contributed by atoms with Crippen LogP contribution in [0.3, 0.4) is 0 Å². The molecule has 1 heterocycles. The number of amides is 1. The standard InChI is InChI=1S/C19H25NO3/c1-14-10-6-4-9-13-17(21)23-18(15(2)20(3)19(14)22)16-11-7-5-8-12-16/h4-8,11-12,14-15,18H,9-10,13H2,1-3H3/t14-,15+,18+/m1/s1. The number of allylic oxidation sites excluding steroid dienone is 2. The first kappa shape index (κ1) is 17.3. The molecule has 1 aromatic rings. The summed E-state index contributed by atoms with van der Waals surface area (Å²) in [7, 11) is 1.78. The van der Waals surface area contributed by atoms with E-state index in [0.29, 0.717) is 19.3 Å². The Morgan fingerprint density at radius 1 is 1.09 bits per heavy atom. The molecule has 0 aliphatic carbocycles. The third-order valence-corrected chi connectivity index (χ3v) is 4.38. The lowest BCUT2D eigenvalue weighted by Gasteiger charge is -2.33. The van der Waals surface area contributed by atoms with Crippen molar-refractivity contribution in [3.63, 3.8) is 0 Å². The van der Waals surface area contributed by atoms with E-state index in [-0.39, 0.29) is 23.8 Å². The second-order valence-electron chi connectivity index (χ2n) is 6.16. The largest absolute Gasteiger partial charge is 0.455 e. The zero-order chi connectivity index (χ0) is 16.8. The number of likely N-dealkylation sites (N-methyl/N-ethyl adjacent to an activating group) is 1. The molecule has 4 heteroatoms. The van der Waals surface area contributed by atoms with Crippen LogP contribution in [0.15, 0.2) is 42.5 Å². The van der Waals surface area contributed by atoms with Crippen molar-refractivity contribution in [1.82, 2.24) is 4.90 Å². The molecule has 1 amide bonds. The minimum absolute atomic E-state index is 0.0692. The molecule has 0 unspecified atom stereocenters. The number of nitrogens with zero attached hydrogens (tertiary/aromatic N) is 1. The van der Waals surface area contributed by atoms with Crippen LogP contribution >= 0.6 is 0 Å². The van der Waals surface area contributed by atoms with E-state index in [0.717, 1.165) is 5.56 Å². The fraction of sp³-hybridized carbons (Fsp3) is 0.474. The predicted octanol–water partition coefficient (Wildman–Crippen LogP) is 3.49. The summed E-state index contributed by atoms with van der Waals surface area (Å²) in [5.41, 5.74) is 0.910. The summed E-state index contributed by atoms with van der Waals surface area (Å²) < 4.78 is 5.71. The molecule has 0 spiro atoms. The first-order valence-corrected chi connectivity index (χ1v) is 8.16. The maximum Gasteiger partial charge on any atom is 0.306 e. The van der Waals surface area contributed by atoms with E-state index in [4.69, 9.17) is 4.74 Å². The fourth-order valence-corrected chi connectivity index (χ4v) is 2.76. The van der Waals surface area contributed by atoms with E-state index < -0.39 is 6.10 Å². The zero-order valence-electron chi connectivity index (χ0n) is 14.1. The van der Waals surface area contributed by atoms with Gasteiger partial charge in [-0.1, -0.05) is 49.4 Å². The number of benzene rings is 1. The zero-order valence-corrected chi connectivity index (χ0v) is 14.1. The minimum Gasteiger partial charge on any atom is -0.455 e. The Bertz CT molecular complexity index is 567. The van der Waals surface area contributed by atoms with E-state index in [2.05, 4.69) is 0 Å². The second-order valence-corrected chi connectivity index (χ2v) is 6.16. The van der Waals surface area contributed by atoms with Crippen LogP contribution in [0.1, 0.15) is 44.8 Å². The van der Waals surface area contributed by atoms with Gasteiger partial charge in [-0.05, 0) is 25.3 Å². The van der Waals surface area contributed by atoms with E-state index in [1.807, 2.05) is 56.3 Å². The lowest BCUT2D eigenvalue weighted by molar-refractivity contribution is -0.156. The molecule has 124 valence electrons. The van der Waals surface area contributed by atoms with Gasteiger partial charge >= 0.3 is 5.97 Å². The number of esters is 1. The summed E-state index contributed by atoms with van der Waals surface area (Å²) in [5.74, 6) is -0.241. The van der Waals surface area contributed by atoms with Crippen molar-refractivity contribution in [3.05, 3.63) is 48.0 Å². The maximum atomic E-state index is 12.6. The van der Waals surface area contributed by atoms with Crippen molar-refractivity contribution in [3.8, 4) is 0 Å². The van der Waals surface area contributed by atoms with Crippen molar-refractivity contribution >= 4 is 11.9 Å². The van der Waals surface area contributed by atoms with Gasteiger partial charge in [0.15, 0.2) is 0 Å². The Morgan fingerprint density at radius 2 is 1.78 bits per heavy atom. The number of hydrogen-bond donors (Lipinski definition) is 0. The summed E-state index contributed by atoms with van der Waals surface area (Å²) >= 11 is 0. The minimum atomic E-state index is -0.451. The molecule has 0 radical (unpaired) electrons. The van der Waals surface area contributed by atoms with Crippen molar-refractivity contribution in [2.75, 3.05) is 7.05 Å². The predicted molar refractivity (Wildman–Crippen MR) is 89.7 cm³/mol. The molecule has 4 nitrogen and oxygen atoms in total. The van der Waals surface area contributed by atoms with Crippen LogP contribution in [0.25, 0.3) is 0 Å². The van der Waals surface area contributed by atoms with Gasteiger partial charge in [0, 0.05) is 19.4 Å². The van der Waals surface area contributed by atoms with Crippen molar-refractivity contribution in [2.45, 2.75) is 45.3 Å². The smallest absolute Gasteiger partial charge is 0.306 e. The third kappa shape index (κ3) is 4.44. The van der Waals surface area contributed by atoms with Gasteiger partial charge in [0.25, 0.3) is 0 Å². The molecule has 0 saturated heterocycles. The van der Waals surface area contributed by atoms with Crippen LogP contribution < -0.4 is 0 Å². The molecular weight excluding hydrogens is 290 g/mol. The second kappa shape index (κ2) is 7.95. The molecule has 23 heavy (non-hydrogen) atoms. The molecule has 0 aromatic heterocycles. The Hall–Kier alpha value is -2.10. The highest BCUT2D eigenvalue weighted by Crippen LogP contribution is 2.27. The molecule has 0 bridgehead atoms. The highest BCUT2D eigenvalue weighted by Gasteiger charge is 2.30. The number of rotatable bonds is 1. The Morgan fingerprint density at radius 3 is 2.48 bits per heavy atom. The SMILES string of the molecule is C[C@@H]1CC=CCCC(=O)O[C@H](c2ccccc2)[C@H](C)N(C)C1=O. The van der Waals surface area contributed by atoms with Crippen LogP contribution in [0, 0.1) is 5.92 Å². The molecule has 1 aromatic carbocycles. The highest BCUT2D eigenvalue weighted by atomic mass is 16.5. The number of cyclic esters (lactones) is 1. The number of ether oxygens (including phenoxy) is 1. The van der Waals surface area contributed by atoms with Gasteiger partial charge in [0.1, 0.15) is 6.10 Å². The Balaban J connectivity index is 2.32. The molecule has 2 rings (SSSR count). The third-order valence-electron chi connectivity index (χ3n) is 4.38. The molecular formula is C19H25NO3. The van der Waals surface area contributed by atoms with Crippen LogP contribution in [0.5, 0.6) is 0 Å². The summed E-state index contributed by atoms with van der Waals surface area (Å²) in [6.45, 7) is 3.86. The van der Waals surface area contributed by atoms with E-state index in [1.165, 1.54) is 0 Å². The first-order chi connectivity index (χ1) is 11.0. The summed E-state index contributed by atoms with van der Waals surface area (Å²) in [5, 5.41) is 0. The quantitative estimate of drug-likeness (QED) is 0.588. The molecule has 0 fully saturated rings. The van der Waals surface area contributed by atoms with E-state index in [1.54, 1.807) is 11.9 Å². The maximum absolute atomic E-state index is 12.6. The van der Waals surface area contributed by atoms with Crippen LogP contribution in [0.4, 0.5) is 0 Å². The number of carbonyl (C=O) groups excluding carboxylic acids is 2. The molecule has 0 saturated carbocycles. The summed E-state index contributed by atoms with van der Waals surface area (Å²) in [6.07, 6.45) is 5.18. The Labute approximate surface area is 138 Å². The van der Waals surface area contributed by atoms with Gasteiger partial charge in [-0.3, -0.25) is 9.59 Å². The lowest BCUT2D eigenvalue weighted by atomic mass is 9.99. The highest BCUT2D eigenvalue weighted by molar-refractivity contribution is 5.79. The average Bonchev–Trinajstić information content (AvgIpc) is 2.57. The van der Waals surface area contributed by atoms with Crippen LogP contribution in [-0.4, -0.2) is 29.9 Å². The van der Waals surface area contributed by atoms with Gasteiger partial charge in [-0.15, -0.1) is 0 Å². The first-order valence-electron chi connectivity index (χ1n) is 8.16. The summed E-state index contributed by atoms with van der Waals surface area (Å²) in [4.78, 5) is 26.4. The van der Waals surface area contributed by atoms with Crippen molar-refractivity contribution in [1.29, 1.82) is 0 Å². The topological polar surface area (TPSA) is 46.6 Å². The normalized spacial score (nSPS) is 27.1. The summed E-state index contributed by atoms with van der Waals surface area (Å²) in [6, 6.07) is 9.40. The Kier molecular flexibility index (Phi) is 5.97. The van der Waals surface area contributed by atoms with Gasteiger partial charge in [-0.25, -0.2) is 0 Å². The molecule has 3 atom stereocenters. The van der Waals surface area contributed by atoms with Crippen LogP contribution in [-0.2, 0) is 14.3 Å². The molecule has 1 aliphatic heterocycles.